The molecule has 0 bridgehead atoms. The van der Waals surface area contributed by atoms with E-state index < -0.39 is 18.1 Å². The number of amides is 1. The predicted octanol–water partition coefficient (Wildman–Crippen LogP) is 0.315. The molecule has 88 valence electrons. The van der Waals surface area contributed by atoms with Gasteiger partial charge in [-0.25, -0.2) is 9.59 Å². The Kier molecular flexibility index (Phi) is 7.35. The van der Waals surface area contributed by atoms with E-state index in [1.54, 1.807) is 0 Å². The van der Waals surface area contributed by atoms with Gasteiger partial charge in [0.1, 0.15) is 6.04 Å². The fourth-order valence-corrected chi connectivity index (χ4v) is 0.917. The first-order valence-electron chi connectivity index (χ1n) is 4.98. The molecule has 0 aromatic heterocycles. The molecule has 6 nitrogen and oxygen atoms in total. The third-order valence-electron chi connectivity index (χ3n) is 1.78. The Morgan fingerprint density at radius 2 is 2.20 bits per heavy atom. The lowest BCUT2D eigenvalue weighted by Gasteiger charge is -2.13. The first-order valence-corrected chi connectivity index (χ1v) is 4.98. The van der Waals surface area contributed by atoms with Gasteiger partial charge < -0.3 is 20.9 Å². The Hall–Kier alpha value is -1.30. The van der Waals surface area contributed by atoms with E-state index in [2.05, 4.69) is 5.32 Å². The first-order chi connectivity index (χ1) is 7.11. The predicted molar refractivity (Wildman–Crippen MR) is 54.5 cm³/mol. The summed E-state index contributed by atoms with van der Waals surface area (Å²) in [4.78, 5) is 21.7. The molecule has 0 aliphatic rings. The quantitative estimate of drug-likeness (QED) is 0.534. The Balaban J connectivity index is 3.84. The van der Waals surface area contributed by atoms with Gasteiger partial charge in [0, 0.05) is 0 Å². The minimum atomic E-state index is -1.10. The average Bonchev–Trinajstić information content (AvgIpc) is 2.17. The van der Waals surface area contributed by atoms with Crippen LogP contribution in [0.4, 0.5) is 4.79 Å². The summed E-state index contributed by atoms with van der Waals surface area (Å²) in [5, 5.41) is 10.9. The molecule has 0 saturated carbocycles. The van der Waals surface area contributed by atoms with Crippen molar-refractivity contribution in [2.45, 2.75) is 32.2 Å². The molecule has 0 unspecified atom stereocenters. The molecule has 0 saturated heterocycles. The maximum Gasteiger partial charge on any atom is 0.407 e. The monoisotopic (exact) mass is 218 g/mol. The van der Waals surface area contributed by atoms with Gasteiger partial charge in [-0.3, -0.25) is 0 Å². The topological polar surface area (TPSA) is 102 Å². The molecule has 0 aromatic carbocycles. The van der Waals surface area contributed by atoms with Crippen molar-refractivity contribution in [3.63, 3.8) is 0 Å². The maximum atomic E-state index is 11.1. The van der Waals surface area contributed by atoms with Crippen LogP contribution >= 0.6 is 0 Å². The molecular weight excluding hydrogens is 200 g/mol. The van der Waals surface area contributed by atoms with Crippen molar-refractivity contribution in [1.82, 2.24) is 5.32 Å². The third kappa shape index (κ3) is 6.73. The fourth-order valence-electron chi connectivity index (χ4n) is 0.917. The summed E-state index contributed by atoms with van der Waals surface area (Å²) >= 11 is 0. The van der Waals surface area contributed by atoms with Crippen LogP contribution in [0.5, 0.6) is 0 Å². The smallest absolute Gasteiger partial charge is 0.407 e. The lowest BCUT2D eigenvalue weighted by atomic mass is 10.2. The van der Waals surface area contributed by atoms with Crippen LogP contribution in [0.15, 0.2) is 0 Å². The van der Waals surface area contributed by atoms with Crippen LogP contribution in [-0.2, 0) is 9.53 Å². The van der Waals surface area contributed by atoms with Gasteiger partial charge in [0.15, 0.2) is 0 Å². The average molecular weight is 218 g/mol. The van der Waals surface area contributed by atoms with E-state index in [0.717, 1.165) is 12.8 Å². The first kappa shape index (κ1) is 13.7. The van der Waals surface area contributed by atoms with Gasteiger partial charge in [-0.15, -0.1) is 0 Å². The van der Waals surface area contributed by atoms with Crippen molar-refractivity contribution in [1.29, 1.82) is 0 Å². The van der Waals surface area contributed by atoms with Gasteiger partial charge in [-0.1, -0.05) is 13.3 Å². The number of hydrogen-bond donors (Lipinski definition) is 3. The summed E-state index contributed by atoms with van der Waals surface area (Å²) in [7, 11) is 0. The number of ether oxygens (including phenoxy) is 1. The van der Waals surface area contributed by atoms with Gasteiger partial charge in [0.2, 0.25) is 0 Å². The normalized spacial score (nSPS) is 11.9. The Labute approximate surface area is 88.8 Å². The van der Waals surface area contributed by atoms with Crippen LogP contribution in [0.1, 0.15) is 26.2 Å². The van der Waals surface area contributed by atoms with E-state index in [-0.39, 0.29) is 13.0 Å². The van der Waals surface area contributed by atoms with Crippen molar-refractivity contribution < 1.29 is 19.4 Å². The van der Waals surface area contributed by atoms with E-state index in [9.17, 15) is 9.59 Å². The van der Waals surface area contributed by atoms with Crippen LogP contribution in [0, 0.1) is 0 Å². The molecule has 15 heavy (non-hydrogen) atoms. The third-order valence-corrected chi connectivity index (χ3v) is 1.78. The molecule has 0 rings (SSSR count). The van der Waals surface area contributed by atoms with Crippen molar-refractivity contribution in [2.75, 3.05) is 13.2 Å². The number of aliphatic carboxylic acids is 1. The zero-order chi connectivity index (χ0) is 11.7. The molecule has 1 amide bonds. The highest BCUT2D eigenvalue weighted by Gasteiger charge is 2.19. The molecule has 0 aliphatic heterocycles. The number of alkyl carbamates (subject to hydrolysis) is 1. The summed E-state index contributed by atoms with van der Waals surface area (Å²) in [6.45, 7) is 2.47. The lowest BCUT2D eigenvalue weighted by Crippen LogP contribution is -2.42. The van der Waals surface area contributed by atoms with Gasteiger partial charge in [0.05, 0.1) is 6.61 Å². The molecule has 0 spiro atoms. The molecule has 0 aliphatic carbocycles. The van der Waals surface area contributed by atoms with Crippen LogP contribution in [0.25, 0.3) is 0 Å². The van der Waals surface area contributed by atoms with Crippen molar-refractivity contribution in [3.05, 3.63) is 0 Å². The van der Waals surface area contributed by atoms with Gasteiger partial charge >= 0.3 is 12.1 Å². The highest BCUT2D eigenvalue weighted by molar-refractivity contribution is 5.79. The number of hydrogen-bond acceptors (Lipinski definition) is 4. The number of carboxylic acids is 1. The van der Waals surface area contributed by atoms with Crippen molar-refractivity contribution in [3.8, 4) is 0 Å². The molecule has 4 N–H and O–H groups in total. The standard InChI is InChI=1S/C9H18N2O4/c1-2-3-6-15-9(14)11-7(4-5-10)8(12)13/h7H,2-6,10H2,1H3,(H,11,14)(H,12,13)/t7-/m1/s1. The van der Waals surface area contributed by atoms with Gasteiger partial charge in [-0.2, -0.15) is 0 Å². The highest BCUT2D eigenvalue weighted by Crippen LogP contribution is 1.93. The summed E-state index contributed by atoms with van der Waals surface area (Å²) in [6.07, 6.45) is 1.17. The zero-order valence-electron chi connectivity index (χ0n) is 8.86. The number of carboxylic acid groups (broad SMARTS) is 1. The second-order valence-electron chi connectivity index (χ2n) is 3.10. The number of nitrogens with two attached hydrogens (primary N) is 1. The molecule has 0 aromatic rings. The molecule has 0 radical (unpaired) electrons. The zero-order valence-corrected chi connectivity index (χ0v) is 8.86. The molecule has 1 atom stereocenters. The minimum Gasteiger partial charge on any atom is -0.480 e. The molecule has 0 heterocycles. The number of carbonyl (C=O) groups excluding carboxylic acids is 1. The van der Waals surface area contributed by atoms with Crippen LogP contribution < -0.4 is 11.1 Å². The number of unbranched alkanes of at least 4 members (excludes halogenated alkanes) is 1. The van der Waals surface area contributed by atoms with E-state index >= 15 is 0 Å². The summed E-state index contributed by atoms with van der Waals surface area (Å²) in [6, 6.07) is -0.968. The second kappa shape index (κ2) is 8.05. The number of nitrogens with one attached hydrogen (secondary N) is 1. The van der Waals surface area contributed by atoms with Crippen molar-refractivity contribution in [2.24, 2.45) is 5.73 Å². The fraction of sp³-hybridized carbons (Fsp3) is 0.778. The Morgan fingerprint density at radius 1 is 1.53 bits per heavy atom. The van der Waals surface area contributed by atoms with Crippen LogP contribution in [-0.4, -0.2) is 36.4 Å². The van der Waals surface area contributed by atoms with Crippen LogP contribution in [0.2, 0.25) is 0 Å². The molecular formula is C9H18N2O4. The lowest BCUT2D eigenvalue weighted by molar-refractivity contribution is -0.139. The van der Waals surface area contributed by atoms with Gasteiger partial charge in [-0.05, 0) is 19.4 Å². The van der Waals surface area contributed by atoms with E-state index in [4.69, 9.17) is 15.6 Å². The van der Waals surface area contributed by atoms with Crippen molar-refractivity contribution >= 4 is 12.1 Å². The van der Waals surface area contributed by atoms with Crippen LogP contribution in [0.3, 0.4) is 0 Å². The Morgan fingerprint density at radius 3 is 2.67 bits per heavy atom. The minimum absolute atomic E-state index is 0.193. The summed E-state index contributed by atoms with van der Waals surface area (Å²) in [5.74, 6) is -1.10. The van der Waals surface area contributed by atoms with E-state index in [1.165, 1.54) is 0 Å². The largest absolute Gasteiger partial charge is 0.480 e. The van der Waals surface area contributed by atoms with E-state index in [0.29, 0.717) is 6.61 Å². The second-order valence-corrected chi connectivity index (χ2v) is 3.10. The van der Waals surface area contributed by atoms with Gasteiger partial charge in [0.25, 0.3) is 0 Å². The highest BCUT2D eigenvalue weighted by atomic mass is 16.5. The summed E-state index contributed by atoms with van der Waals surface area (Å²) in [5.41, 5.74) is 5.21. The molecule has 6 heteroatoms. The maximum absolute atomic E-state index is 11.1. The van der Waals surface area contributed by atoms with E-state index in [1.807, 2.05) is 6.92 Å². The number of carbonyl (C=O) groups is 2. The molecule has 0 fully saturated rings. The number of rotatable bonds is 7. The Bertz CT molecular complexity index is 208. The summed E-state index contributed by atoms with van der Waals surface area (Å²) < 4.78 is 4.76. The SMILES string of the molecule is CCCCOC(=O)N[C@H](CCN)C(=O)O.